The van der Waals surface area contributed by atoms with Gasteiger partial charge in [-0.2, -0.15) is 4.98 Å². The van der Waals surface area contributed by atoms with Crippen LogP contribution in [0.4, 0.5) is 5.95 Å². The molecule has 0 radical (unpaired) electrons. The standard InChI is InChI=1S/C14H16N6O2/c21-7-6-17-20-9-16-11-12(20)18-14(19-13(11)22)15-8-10-4-2-1-3-5-10/h1-5,9,17,21H,6-8H2,(H2,15,18,19,22). The number of fused-ring (bicyclic) bond motifs is 1. The van der Waals surface area contributed by atoms with E-state index in [0.29, 0.717) is 24.7 Å². The summed E-state index contributed by atoms with van der Waals surface area (Å²) >= 11 is 0. The molecule has 0 atom stereocenters. The molecule has 2 aromatic heterocycles. The largest absolute Gasteiger partial charge is 0.394 e. The third-order valence-electron chi connectivity index (χ3n) is 3.10. The number of benzene rings is 1. The average Bonchev–Trinajstić information content (AvgIpc) is 2.95. The van der Waals surface area contributed by atoms with Gasteiger partial charge >= 0.3 is 0 Å². The monoisotopic (exact) mass is 300 g/mol. The minimum absolute atomic E-state index is 0.0258. The lowest BCUT2D eigenvalue weighted by molar-refractivity contribution is 0.307. The summed E-state index contributed by atoms with van der Waals surface area (Å²) in [5.74, 6) is 0.369. The topological polar surface area (TPSA) is 108 Å². The molecule has 0 saturated heterocycles. The third kappa shape index (κ3) is 2.91. The Kier molecular flexibility index (Phi) is 4.01. The molecule has 0 spiro atoms. The number of aliphatic hydroxyl groups is 1. The van der Waals surface area contributed by atoms with Crippen molar-refractivity contribution < 1.29 is 5.11 Å². The van der Waals surface area contributed by atoms with Gasteiger partial charge in [-0.25, -0.2) is 9.66 Å². The zero-order chi connectivity index (χ0) is 15.4. The second-order valence-corrected chi connectivity index (χ2v) is 4.67. The van der Waals surface area contributed by atoms with E-state index in [0.717, 1.165) is 5.56 Å². The average molecular weight is 300 g/mol. The van der Waals surface area contributed by atoms with Crippen molar-refractivity contribution in [2.75, 3.05) is 23.9 Å². The quantitative estimate of drug-likeness (QED) is 0.520. The van der Waals surface area contributed by atoms with E-state index in [9.17, 15) is 4.79 Å². The van der Waals surface area contributed by atoms with Crippen molar-refractivity contribution in [3.05, 3.63) is 52.6 Å². The Bertz CT molecular complexity index is 811. The first-order valence-corrected chi connectivity index (χ1v) is 6.88. The molecule has 3 aromatic rings. The number of aliphatic hydroxyl groups excluding tert-OH is 1. The lowest BCUT2D eigenvalue weighted by Crippen LogP contribution is -2.19. The smallest absolute Gasteiger partial charge is 0.280 e. The zero-order valence-corrected chi connectivity index (χ0v) is 11.8. The summed E-state index contributed by atoms with van der Waals surface area (Å²) in [7, 11) is 0. The molecule has 8 heteroatoms. The summed E-state index contributed by atoms with van der Waals surface area (Å²) in [5, 5.41) is 11.9. The van der Waals surface area contributed by atoms with Crippen molar-refractivity contribution in [3.8, 4) is 0 Å². The zero-order valence-electron chi connectivity index (χ0n) is 11.8. The Morgan fingerprint density at radius 2 is 2.09 bits per heavy atom. The number of nitrogens with zero attached hydrogens (tertiary/aromatic N) is 3. The van der Waals surface area contributed by atoms with Gasteiger partial charge in [-0.3, -0.25) is 9.78 Å². The molecule has 3 rings (SSSR count). The number of aromatic nitrogens is 4. The maximum absolute atomic E-state index is 12.0. The molecule has 0 fully saturated rings. The summed E-state index contributed by atoms with van der Waals surface area (Å²) in [4.78, 5) is 23.0. The number of nitrogens with one attached hydrogen (secondary N) is 3. The van der Waals surface area contributed by atoms with E-state index in [1.165, 1.54) is 11.0 Å². The summed E-state index contributed by atoms with van der Waals surface area (Å²) in [5.41, 5.74) is 4.33. The van der Waals surface area contributed by atoms with Crippen LogP contribution in [0.25, 0.3) is 11.2 Å². The maximum Gasteiger partial charge on any atom is 0.280 e. The van der Waals surface area contributed by atoms with Gasteiger partial charge < -0.3 is 15.8 Å². The van der Waals surface area contributed by atoms with Gasteiger partial charge in [-0.1, -0.05) is 30.3 Å². The molecular formula is C14H16N6O2. The van der Waals surface area contributed by atoms with Crippen molar-refractivity contribution >= 4 is 17.1 Å². The molecule has 4 N–H and O–H groups in total. The van der Waals surface area contributed by atoms with Crippen LogP contribution in [0, 0.1) is 0 Å². The van der Waals surface area contributed by atoms with Gasteiger partial charge in [0.1, 0.15) is 6.33 Å². The molecule has 1 aromatic carbocycles. The molecule has 0 unspecified atom stereocenters. The van der Waals surface area contributed by atoms with E-state index in [1.54, 1.807) is 0 Å². The molecule has 0 aliphatic rings. The lowest BCUT2D eigenvalue weighted by atomic mass is 10.2. The maximum atomic E-state index is 12.0. The first-order chi connectivity index (χ1) is 10.8. The van der Waals surface area contributed by atoms with E-state index in [-0.39, 0.29) is 17.7 Å². The Labute approximate surface area is 125 Å². The van der Waals surface area contributed by atoms with E-state index in [4.69, 9.17) is 5.11 Å². The molecule has 0 amide bonds. The Balaban J connectivity index is 1.85. The van der Waals surface area contributed by atoms with Gasteiger partial charge in [-0.05, 0) is 5.56 Å². The summed E-state index contributed by atoms with van der Waals surface area (Å²) < 4.78 is 1.52. The first kappa shape index (κ1) is 14.1. The minimum Gasteiger partial charge on any atom is -0.394 e. The molecule has 0 saturated carbocycles. The van der Waals surface area contributed by atoms with Crippen molar-refractivity contribution in [2.24, 2.45) is 0 Å². The minimum atomic E-state index is -0.315. The molecule has 2 heterocycles. The van der Waals surface area contributed by atoms with Crippen LogP contribution in [-0.2, 0) is 6.54 Å². The highest BCUT2D eigenvalue weighted by molar-refractivity contribution is 5.71. The Morgan fingerprint density at radius 3 is 2.86 bits per heavy atom. The van der Waals surface area contributed by atoms with E-state index < -0.39 is 0 Å². The number of H-pyrrole nitrogens is 1. The van der Waals surface area contributed by atoms with Gasteiger partial charge in [0.25, 0.3) is 5.56 Å². The van der Waals surface area contributed by atoms with Crippen LogP contribution in [0.1, 0.15) is 5.56 Å². The number of hydrogen-bond donors (Lipinski definition) is 4. The van der Waals surface area contributed by atoms with Crippen molar-refractivity contribution in [1.29, 1.82) is 0 Å². The number of anilines is 1. The van der Waals surface area contributed by atoms with Crippen LogP contribution in [0.2, 0.25) is 0 Å². The second-order valence-electron chi connectivity index (χ2n) is 4.67. The molecule has 114 valence electrons. The Hall–Kier alpha value is -2.87. The third-order valence-corrected chi connectivity index (χ3v) is 3.10. The molecule has 0 bridgehead atoms. The predicted octanol–water partition coefficient (Wildman–Crippen LogP) is 0.267. The lowest BCUT2D eigenvalue weighted by Gasteiger charge is -2.08. The highest BCUT2D eigenvalue weighted by Gasteiger charge is 2.10. The van der Waals surface area contributed by atoms with E-state index in [2.05, 4.69) is 25.7 Å². The summed E-state index contributed by atoms with van der Waals surface area (Å²) in [6, 6.07) is 9.81. The van der Waals surface area contributed by atoms with Crippen molar-refractivity contribution in [1.82, 2.24) is 19.6 Å². The van der Waals surface area contributed by atoms with Crippen molar-refractivity contribution in [2.45, 2.75) is 6.54 Å². The number of aromatic amines is 1. The van der Waals surface area contributed by atoms with Crippen LogP contribution in [0.15, 0.2) is 41.5 Å². The second kappa shape index (κ2) is 6.27. The van der Waals surface area contributed by atoms with Crippen molar-refractivity contribution in [3.63, 3.8) is 0 Å². The highest BCUT2D eigenvalue weighted by atomic mass is 16.3. The molecule has 0 aliphatic carbocycles. The van der Waals surface area contributed by atoms with Gasteiger partial charge in [0.2, 0.25) is 5.95 Å². The van der Waals surface area contributed by atoms with Crippen LogP contribution in [0.3, 0.4) is 0 Å². The van der Waals surface area contributed by atoms with E-state index >= 15 is 0 Å². The van der Waals surface area contributed by atoms with Crippen LogP contribution in [0.5, 0.6) is 0 Å². The number of imidazole rings is 1. The normalized spacial score (nSPS) is 10.8. The van der Waals surface area contributed by atoms with Gasteiger partial charge in [0.05, 0.1) is 13.2 Å². The molecule has 0 aliphatic heterocycles. The SMILES string of the molecule is O=c1[nH]c(NCc2ccccc2)nc2c1ncn2NCCO. The number of hydrogen-bond acceptors (Lipinski definition) is 6. The van der Waals surface area contributed by atoms with Crippen LogP contribution < -0.4 is 16.3 Å². The molecule has 8 nitrogen and oxygen atoms in total. The fourth-order valence-electron chi connectivity index (χ4n) is 2.06. The van der Waals surface area contributed by atoms with Crippen LogP contribution in [-0.4, -0.2) is 37.9 Å². The number of rotatable bonds is 6. The fraction of sp³-hybridized carbons (Fsp3) is 0.214. The van der Waals surface area contributed by atoms with Gasteiger partial charge in [0, 0.05) is 6.54 Å². The van der Waals surface area contributed by atoms with Gasteiger partial charge in [-0.15, -0.1) is 0 Å². The summed E-state index contributed by atoms with van der Waals surface area (Å²) in [6.07, 6.45) is 1.46. The highest BCUT2D eigenvalue weighted by Crippen LogP contribution is 2.07. The van der Waals surface area contributed by atoms with E-state index in [1.807, 2.05) is 30.3 Å². The Morgan fingerprint density at radius 1 is 1.27 bits per heavy atom. The van der Waals surface area contributed by atoms with Crippen LogP contribution >= 0.6 is 0 Å². The first-order valence-electron chi connectivity index (χ1n) is 6.88. The molecule has 22 heavy (non-hydrogen) atoms. The predicted molar refractivity (Wildman–Crippen MR) is 83.2 cm³/mol. The molecular weight excluding hydrogens is 284 g/mol. The fourth-order valence-corrected chi connectivity index (χ4v) is 2.06. The summed E-state index contributed by atoms with van der Waals surface area (Å²) in [6.45, 7) is 0.863. The van der Waals surface area contributed by atoms with Gasteiger partial charge in [0.15, 0.2) is 11.2 Å².